The lowest BCUT2D eigenvalue weighted by atomic mass is 10.0. The first-order chi connectivity index (χ1) is 16.1. The number of hydrogen-bond acceptors (Lipinski definition) is 8. The summed E-state index contributed by atoms with van der Waals surface area (Å²) in [6.45, 7) is -0.404. The topological polar surface area (TPSA) is 77.4 Å². The Morgan fingerprint density at radius 3 is 2.58 bits per heavy atom. The van der Waals surface area contributed by atoms with Crippen LogP contribution in [0.5, 0.6) is 11.5 Å². The van der Waals surface area contributed by atoms with E-state index in [1.54, 1.807) is 37.7 Å². The normalized spacial score (nSPS) is 15.5. The van der Waals surface area contributed by atoms with Gasteiger partial charge in [-0.15, -0.1) is 22.7 Å². The average Bonchev–Trinajstić information content (AvgIpc) is 3.62. The third-order valence-electron chi connectivity index (χ3n) is 5.03. The summed E-state index contributed by atoms with van der Waals surface area (Å²) < 4.78 is 15.9. The fourth-order valence-corrected chi connectivity index (χ4v) is 4.77. The average molecular weight is 483 g/mol. The molecule has 1 aromatic carbocycles. The van der Waals surface area contributed by atoms with Crippen LogP contribution in [0.2, 0.25) is 0 Å². The molecule has 1 unspecified atom stereocenters. The minimum absolute atomic E-state index is 0.352. The number of methoxy groups -OCH3 is 2. The van der Waals surface area contributed by atoms with Crippen LogP contribution >= 0.6 is 22.7 Å². The fourth-order valence-electron chi connectivity index (χ4n) is 3.43. The number of benzene rings is 1. The van der Waals surface area contributed by atoms with Crippen molar-refractivity contribution in [1.82, 2.24) is 5.01 Å². The van der Waals surface area contributed by atoms with Gasteiger partial charge in [-0.1, -0.05) is 18.2 Å². The Bertz CT molecular complexity index is 1170. The lowest BCUT2D eigenvalue weighted by Crippen LogP contribution is -2.31. The quantitative estimate of drug-likeness (QED) is 0.342. The van der Waals surface area contributed by atoms with E-state index in [9.17, 15) is 9.59 Å². The summed E-state index contributed by atoms with van der Waals surface area (Å²) in [5.74, 6) is 0.181. The van der Waals surface area contributed by atoms with Crippen LogP contribution in [0.1, 0.15) is 27.8 Å². The van der Waals surface area contributed by atoms with Gasteiger partial charge in [0.1, 0.15) is 0 Å². The van der Waals surface area contributed by atoms with Gasteiger partial charge < -0.3 is 14.2 Å². The Morgan fingerprint density at radius 2 is 1.88 bits per heavy atom. The van der Waals surface area contributed by atoms with Gasteiger partial charge in [0.05, 0.1) is 30.9 Å². The summed E-state index contributed by atoms with van der Waals surface area (Å²) in [7, 11) is 3.14. The van der Waals surface area contributed by atoms with Gasteiger partial charge in [-0.3, -0.25) is 4.79 Å². The predicted molar refractivity (Wildman–Crippen MR) is 129 cm³/mol. The summed E-state index contributed by atoms with van der Waals surface area (Å²) in [5.41, 5.74) is 1.65. The molecule has 170 valence electrons. The van der Waals surface area contributed by atoms with E-state index in [4.69, 9.17) is 14.2 Å². The number of hydrogen-bond donors (Lipinski definition) is 0. The highest BCUT2D eigenvalue weighted by Gasteiger charge is 2.34. The number of thiophene rings is 2. The monoisotopic (exact) mass is 482 g/mol. The second-order valence-electron chi connectivity index (χ2n) is 7.05. The highest BCUT2D eigenvalue weighted by atomic mass is 32.1. The zero-order valence-corrected chi connectivity index (χ0v) is 19.7. The smallest absolute Gasteiger partial charge is 0.331 e. The first kappa shape index (κ1) is 22.8. The lowest BCUT2D eigenvalue weighted by molar-refractivity contribution is -0.149. The first-order valence-corrected chi connectivity index (χ1v) is 11.9. The van der Waals surface area contributed by atoms with Crippen molar-refractivity contribution >= 4 is 46.3 Å². The summed E-state index contributed by atoms with van der Waals surface area (Å²) in [4.78, 5) is 27.0. The van der Waals surface area contributed by atoms with Crippen LogP contribution < -0.4 is 9.47 Å². The van der Waals surface area contributed by atoms with E-state index in [0.29, 0.717) is 17.9 Å². The second-order valence-corrected chi connectivity index (χ2v) is 8.98. The molecule has 0 bridgehead atoms. The van der Waals surface area contributed by atoms with Crippen LogP contribution in [-0.2, 0) is 14.3 Å². The number of hydrazone groups is 1. The van der Waals surface area contributed by atoms with Crippen molar-refractivity contribution in [3.05, 3.63) is 74.6 Å². The molecule has 0 saturated carbocycles. The molecular formula is C24H22N2O5S2. The Morgan fingerprint density at radius 1 is 1.09 bits per heavy atom. The third-order valence-corrected chi connectivity index (χ3v) is 6.79. The number of amides is 1. The summed E-state index contributed by atoms with van der Waals surface area (Å²) in [6, 6.07) is 12.9. The van der Waals surface area contributed by atoms with Crippen LogP contribution in [0, 0.1) is 0 Å². The largest absolute Gasteiger partial charge is 0.493 e. The molecule has 9 heteroatoms. The van der Waals surface area contributed by atoms with Gasteiger partial charge in [0.2, 0.25) is 0 Å². The van der Waals surface area contributed by atoms with Gasteiger partial charge in [0.15, 0.2) is 18.1 Å². The maximum absolute atomic E-state index is 13.0. The van der Waals surface area contributed by atoms with Gasteiger partial charge in [-0.25, -0.2) is 9.80 Å². The number of nitrogens with zero attached hydrogens (tertiary/aromatic N) is 2. The highest BCUT2D eigenvalue weighted by Crippen LogP contribution is 2.37. The van der Waals surface area contributed by atoms with Crippen LogP contribution in [0.15, 0.2) is 64.4 Å². The molecule has 4 rings (SSSR count). The number of carbonyl (C=O) groups is 2. The Balaban J connectivity index is 1.51. The summed E-state index contributed by atoms with van der Waals surface area (Å²) in [5, 5.41) is 9.86. The second kappa shape index (κ2) is 10.5. The van der Waals surface area contributed by atoms with E-state index in [0.717, 1.165) is 21.0 Å². The van der Waals surface area contributed by atoms with E-state index in [1.165, 1.54) is 22.4 Å². The zero-order valence-electron chi connectivity index (χ0n) is 18.1. The molecule has 1 atom stereocenters. The lowest BCUT2D eigenvalue weighted by Gasteiger charge is -2.22. The van der Waals surface area contributed by atoms with Crippen molar-refractivity contribution in [3.8, 4) is 11.5 Å². The molecule has 0 fully saturated rings. The molecule has 1 aliphatic rings. The third kappa shape index (κ3) is 5.32. The number of rotatable bonds is 8. The molecular weight excluding hydrogens is 460 g/mol. The zero-order chi connectivity index (χ0) is 23.2. The standard InChI is InChI=1S/C24H22N2O5S2/c1-29-20-9-7-16(13-21(20)30-2)19-14-18(22-6-4-12-33-22)25-26(19)23(27)15-31-24(28)10-8-17-5-3-11-32-17/h3-13,19H,14-15H2,1-2H3/b10-8+. The van der Waals surface area contributed by atoms with Crippen molar-refractivity contribution in [2.45, 2.75) is 12.5 Å². The summed E-state index contributed by atoms with van der Waals surface area (Å²) >= 11 is 3.07. The van der Waals surface area contributed by atoms with E-state index >= 15 is 0 Å². The minimum Gasteiger partial charge on any atom is -0.493 e. The van der Waals surface area contributed by atoms with Crippen molar-refractivity contribution in [1.29, 1.82) is 0 Å². The van der Waals surface area contributed by atoms with Gasteiger partial charge in [0, 0.05) is 17.4 Å². The molecule has 0 N–H and O–H groups in total. The van der Waals surface area contributed by atoms with Crippen molar-refractivity contribution in [2.24, 2.45) is 5.10 Å². The van der Waals surface area contributed by atoms with E-state index in [1.807, 2.05) is 47.2 Å². The molecule has 0 radical (unpaired) electrons. The Kier molecular flexibility index (Phi) is 7.21. The molecule has 7 nitrogen and oxygen atoms in total. The highest BCUT2D eigenvalue weighted by molar-refractivity contribution is 7.12. The molecule has 0 aliphatic carbocycles. The molecule has 1 amide bonds. The van der Waals surface area contributed by atoms with Crippen LogP contribution in [0.4, 0.5) is 0 Å². The minimum atomic E-state index is -0.582. The van der Waals surface area contributed by atoms with Crippen LogP contribution in [-0.4, -0.2) is 43.4 Å². The molecule has 0 spiro atoms. The Labute approximate surface area is 199 Å². The maximum Gasteiger partial charge on any atom is 0.331 e. The predicted octanol–water partition coefficient (Wildman–Crippen LogP) is 4.76. The van der Waals surface area contributed by atoms with E-state index in [2.05, 4.69) is 5.10 Å². The van der Waals surface area contributed by atoms with Crippen molar-refractivity contribution in [2.75, 3.05) is 20.8 Å². The summed E-state index contributed by atoms with van der Waals surface area (Å²) in [6.07, 6.45) is 3.51. The molecule has 3 aromatic rings. The van der Waals surface area contributed by atoms with Gasteiger partial charge in [0.25, 0.3) is 5.91 Å². The van der Waals surface area contributed by atoms with Gasteiger partial charge in [-0.05, 0) is 46.7 Å². The number of carbonyl (C=O) groups excluding carboxylic acids is 2. The SMILES string of the molecule is COc1ccc(C2CC(c3cccs3)=NN2C(=O)COC(=O)/C=C/c2cccs2)cc1OC. The fraction of sp³-hybridized carbons (Fsp3) is 0.208. The van der Waals surface area contributed by atoms with Gasteiger partial charge >= 0.3 is 5.97 Å². The molecule has 1 aliphatic heterocycles. The molecule has 33 heavy (non-hydrogen) atoms. The van der Waals surface area contributed by atoms with Crippen molar-refractivity contribution in [3.63, 3.8) is 0 Å². The van der Waals surface area contributed by atoms with E-state index < -0.39 is 18.5 Å². The molecule has 3 heterocycles. The first-order valence-electron chi connectivity index (χ1n) is 10.1. The van der Waals surface area contributed by atoms with Crippen LogP contribution in [0.25, 0.3) is 6.08 Å². The molecule has 2 aromatic heterocycles. The van der Waals surface area contributed by atoms with Crippen LogP contribution in [0.3, 0.4) is 0 Å². The molecule has 0 saturated heterocycles. The number of ether oxygens (including phenoxy) is 3. The van der Waals surface area contributed by atoms with E-state index in [-0.39, 0.29) is 6.04 Å². The Hall–Kier alpha value is -3.43. The number of esters is 1. The van der Waals surface area contributed by atoms with Gasteiger partial charge in [-0.2, -0.15) is 5.10 Å². The van der Waals surface area contributed by atoms with Crippen molar-refractivity contribution < 1.29 is 23.8 Å². The maximum atomic E-state index is 13.0.